The van der Waals surface area contributed by atoms with Gasteiger partial charge in [-0.2, -0.15) is 0 Å². The molecule has 0 aliphatic carbocycles. The highest BCUT2D eigenvalue weighted by atomic mass is 79.9. The fraction of sp³-hybridized carbons (Fsp3) is 0. The van der Waals surface area contributed by atoms with Gasteiger partial charge in [0.2, 0.25) is 0 Å². The Kier molecular flexibility index (Phi) is 4.15. The molecule has 0 aliphatic heterocycles. The molecule has 0 radical (unpaired) electrons. The van der Waals surface area contributed by atoms with Gasteiger partial charge in [-0.15, -0.1) is 0 Å². The number of nitrogen functional groups attached to an aromatic ring is 1. The summed E-state index contributed by atoms with van der Waals surface area (Å²) in [6.45, 7) is 0. The van der Waals surface area contributed by atoms with Crippen LogP contribution in [-0.2, 0) is 0 Å². The van der Waals surface area contributed by atoms with Crippen molar-refractivity contribution in [1.29, 1.82) is 0 Å². The van der Waals surface area contributed by atoms with Gasteiger partial charge in [0.1, 0.15) is 5.75 Å². The highest BCUT2D eigenvalue weighted by Crippen LogP contribution is 2.34. The van der Waals surface area contributed by atoms with Crippen molar-refractivity contribution < 1.29 is 13.9 Å². The number of halogens is 3. The number of primary amides is 1. The van der Waals surface area contributed by atoms with Gasteiger partial charge in [0.15, 0.2) is 11.6 Å². The van der Waals surface area contributed by atoms with Crippen molar-refractivity contribution in [2.24, 2.45) is 5.73 Å². The maximum atomic E-state index is 13.8. The molecule has 1 amide bonds. The van der Waals surface area contributed by atoms with Gasteiger partial charge in [-0.1, -0.05) is 27.5 Å². The summed E-state index contributed by atoms with van der Waals surface area (Å²) in [6, 6.07) is 6.99. The lowest BCUT2D eigenvalue weighted by Crippen LogP contribution is -2.14. The molecule has 0 aliphatic rings. The van der Waals surface area contributed by atoms with Crippen LogP contribution in [0.1, 0.15) is 10.4 Å². The van der Waals surface area contributed by atoms with Gasteiger partial charge < -0.3 is 16.2 Å². The highest BCUT2D eigenvalue weighted by molar-refractivity contribution is 9.10. The van der Waals surface area contributed by atoms with Crippen molar-refractivity contribution >= 4 is 39.1 Å². The molecule has 0 atom stereocenters. The normalized spacial score (nSPS) is 10.3. The van der Waals surface area contributed by atoms with Crippen molar-refractivity contribution in [3.05, 3.63) is 51.2 Å². The van der Waals surface area contributed by atoms with Crippen molar-refractivity contribution in [1.82, 2.24) is 0 Å². The van der Waals surface area contributed by atoms with Crippen LogP contribution in [0.3, 0.4) is 0 Å². The number of carbonyl (C=O) groups is 1. The van der Waals surface area contributed by atoms with Crippen molar-refractivity contribution in [3.63, 3.8) is 0 Å². The van der Waals surface area contributed by atoms with Crippen LogP contribution in [0.4, 0.5) is 10.1 Å². The van der Waals surface area contributed by atoms with E-state index in [0.29, 0.717) is 9.50 Å². The number of hydrogen-bond donors (Lipinski definition) is 2. The lowest BCUT2D eigenvalue weighted by molar-refractivity contribution is 0.100. The molecule has 2 aromatic carbocycles. The van der Waals surface area contributed by atoms with Gasteiger partial charge in [-0.3, -0.25) is 4.79 Å². The maximum Gasteiger partial charge on any atom is 0.250 e. The Hall–Kier alpha value is -1.79. The molecule has 0 bridgehead atoms. The Labute approximate surface area is 127 Å². The van der Waals surface area contributed by atoms with Gasteiger partial charge >= 0.3 is 0 Å². The Morgan fingerprint density at radius 1 is 1.25 bits per heavy atom. The van der Waals surface area contributed by atoms with E-state index in [-0.39, 0.29) is 22.7 Å². The monoisotopic (exact) mass is 358 g/mol. The van der Waals surface area contributed by atoms with Gasteiger partial charge in [-0.05, 0) is 24.3 Å². The molecule has 0 fully saturated rings. The summed E-state index contributed by atoms with van der Waals surface area (Å²) in [5.74, 6) is -1.44. The van der Waals surface area contributed by atoms with Crippen LogP contribution >= 0.6 is 27.5 Å². The summed E-state index contributed by atoms with van der Waals surface area (Å²) in [5, 5.41) is 0.296. The van der Waals surface area contributed by atoms with Gasteiger partial charge in [0.05, 0.1) is 10.6 Å². The molecule has 2 aromatic rings. The second-order valence-electron chi connectivity index (χ2n) is 3.91. The maximum absolute atomic E-state index is 13.8. The van der Waals surface area contributed by atoms with E-state index < -0.39 is 11.7 Å². The molecule has 0 aromatic heterocycles. The zero-order valence-corrected chi connectivity index (χ0v) is 12.3. The van der Waals surface area contributed by atoms with Gasteiger partial charge in [0.25, 0.3) is 5.91 Å². The third-order valence-electron chi connectivity index (χ3n) is 2.48. The molecule has 0 heterocycles. The predicted molar refractivity (Wildman–Crippen MR) is 78.6 cm³/mol. The third-order valence-corrected chi connectivity index (χ3v) is 3.29. The number of carbonyl (C=O) groups excluding carboxylic acids is 1. The smallest absolute Gasteiger partial charge is 0.250 e. The fourth-order valence-electron chi connectivity index (χ4n) is 1.53. The fourth-order valence-corrected chi connectivity index (χ4v) is 2.03. The van der Waals surface area contributed by atoms with Crippen molar-refractivity contribution in [2.45, 2.75) is 0 Å². The van der Waals surface area contributed by atoms with E-state index in [1.165, 1.54) is 0 Å². The van der Waals surface area contributed by atoms with E-state index in [1.54, 1.807) is 18.2 Å². The molecule has 4 nitrogen and oxygen atoms in total. The largest absolute Gasteiger partial charge is 0.453 e. The summed E-state index contributed by atoms with van der Waals surface area (Å²) in [7, 11) is 0. The van der Waals surface area contributed by atoms with E-state index >= 15 is 0 Å². The minimum atomic E-state index is -0.771. The zero-order chi connectivity index (χ0) is 14.9. The first-order valence-electron chi connectivity index (χ1n) is 5.40. The first-order valence-corrected chi connectivity index (χ1v) is 6.57. The number of nitrogens with two attached hydrogens (primary N) is 2. The molecular formula is C13H9BrClFN2O2. The molecular weight excluding hydrogens is 351 g/mol. The number of ether oxygens (including phenoxy) is 1. The number of benzene rings is 2. The second-order valence-corrected chi connectivity index (χ2v) is 5.23. The molecule has 20 heavy (non-hydrogen) atoms. The molecule has 2 rings (SSSR count). The number of hydrogen-bond acceptors (Lipinski definition) is 3. The van der Waals surface area contributed by atoms with Crippen LogP contribution in [0.15, 0.2) is 34.8 Å². The minimum absolute atomic E-state index is 0.0208. The summed E-state index contributed by atoms with van der Waals surface area (Å²) in [4.78, 5) is 11.2. The molecule has 0 saturated heterocycles. The molecule has 104 valence electrons. The molecule has 4 N–H and O–H groups in total. The van der Waals surface area contributed by atoms with Crippen LogP contribution in [0.5, 0.6) is 11.5 Å². The lowest BCUT2D eigenvalue weighted by Gasteiger charge is -2.11. The standard InChI is InChI=1S/C13H9BrClFN2O2/c14-6-1-2-8(15)11(3-6)20-12-4-7(13(18)19)10(17)5-9(12)16/h1-5H,17H2,(H2,18,19). The average Bonchev–Trinajstić information content (AvgIpc) is 2.36. The van der Waals surface area contributed by atoms with Crippen LogP contribution in [0.2, 0.25) is 5.02 Å². The number of anilines is 1. The second kappa shape index (κ2) is 5.68. The van der Waals surface area contributed by atoms with E-state index in [9.17, 15) is 9.18 Å². The Bertz CT molecular complexity index is 694. The summed E-state index contributed by atoms with van der Waals surface area (Å²) in [6.07, 6.45) is 0. The Balaban J connectivity index is 2.45. The third kappa shape index (κ3) is 3.02. The number of amides is 1. The predicted octanol–water partition coefficient (Wildman–Crippen LogP) is 3.72. The van der Waals surface area contributed by atoms with Crippen LogP contribution in [-0.4, -0.2) is 5.91 Å². The van der Waals surface area contributed by atoms with Crippen LogP contribution in [0, 0.1) is 5.82 Å². The Morgan fingerprint density at radius 3 is 2.60 bits per heavy atom. The quantitative estimate of drug-likeness (QED) is 0.820. The Morgan fingerprint density at radius 2 is 1.95 bits per heavy atom. The topological polar surface area (TPSA) is 78.3 Å². The molecule has 0 unspecified atom stereocenters. The summed E-state index contributed by atoms with van der Waals surface area (Å²) >= 11 is 9.20. The molecule has 0 spiro atoms. The van der Waals surface area contributed by atoms with Gasteiger partial charge in [-0.25, -0.2) is 4.39 Å². The zero-order valence-electron chi connectivity index (χ0n) is 9.99. The summed E-state index contributed by atoms with van der Waals surface area (Å²) < 4.78 is 19.9. The van der Waals surface area contributed by atoms with Crippen LogP contribution < -0.4 is 16.2 Å². The highest BCUT2D eigenvalue weighted by Gasteiger charge is 2.14. The van der Waals surface area contributed by atoms with Gasteiger partial charge in [0, 0.05) is 16.2 Å². The molecule has 7 heteroatoms. The summed E-state index contributed by atoms with van der Waals surface area (Å²) in [5.41, 5.74) is 10.6. The first-order chi connectivity index (χ1) is 9.38. The number of rotatable bonds is 3. The van der Waals surface area contributed by atoms with Crippen molar-refractivity contribution in [3.8, 4) is 11.5 Å². The minimum Gasteiger partial charge on any atom is -0.453 e. The van der Waals surface area contributed by atoms with Crippen LogP contribution in [0.25, 0.3) is 0 Å². The van der Waals surface area contributed by atoms with E-state index in [4.69, 9.17) is 27.8 Å². The lowest BCUT2D eigenvalue weighted by atomic mass is 10.1. The SMILES string of the molecule is NC(=O)c1cc(Oc2cc(Br)ccc2Cl)c(F)cc1N. The van der Waals surface area contributed by atoms with Crippen molar-refractivity contribution in [2.75, 3.05) is 5.73 Å². The van der Waals surface area contributed by atoms with E-state index in [2.05, 4.69) is 15.9 Å². The average molecular weight is 360 g/mol. The molecule has 0 saturated carbocycles. The van der Waals surface area contributed by atoms with E-state index in [1.807, 2.05) is 0 Å². The first kappa shape index (κ1) is 14.6. The van der Waals surface area contributed by atoms with E-state index in [0.717, 1.165) is 12.1 Å².